The molecule has 2 aromatic carbocycles. The van der Waals surface area contributed by atoms with Gasteiger partial charge in [0, 0.05) is 18.2 Å². The van der Waals surface area contributed by atoms with Gasteiger partial charge >= 0.3 is 0 Å². The van der Waals surface area contributed by atoms with Gasteiger partial charge in [-0.1, -0.05) is 79.4 Å². The molecule has 1 aliphatic carbocycles. The summed E-state index contributed by atoms with van der Waals surface area (Å²) in [6.07, 6.45) is 5.82. The molecule has 1 aromatic heterocycles. The molecule has 3 aromatic rings. The zero-order valence-electron chi connectivity index (χ0n) is 17.2. The minimum atomic E-state index is -0.638. The second-order valence-electron chi connectivity index (χ2n) is 7.74. The molecule has 10 heteroatoms. The fourth-order valence-corrected chi connectivity index (χ4v) is 4.97. The summed E-state index contributed by atoms with van der Waals surface area (Å²) in [6.45, 7) is 0. The summed E-state index contributed by atoms with van der Waals surface area (Å²) in [5.74, 6) is 1.13. The Bertz CT molecular complexity index is 1100. The lowest BCUT2D eigenvalue weighted by molar-refractivity contribution is -0.384. The van der Waals surface area contributed by atoms with Gasteiger partial charge in [-0.05, 0) is 23.6 Å². The molecule has 0 aliphatic heterocycles. The number of nitro groups is 1. The van der Waals surface area contributed by atoms with Crippen molar-refractivity contribution < 1.29 is 9.72 Å². The lowest BCUT2D eigenvalue weighted by Gasteiger charge is -2.15. The van der Waals surface area contributed by atoms with Crippen LogP contribution in [0.5, 0.6) is 0 Å². The van der Waals surface area contributed by atoms with Gasteiger partial charge < -0.3 is 5.32 Å². The largest absolute Gasteiger partial charge is 0.325 e. The van der Waals surface area contributed by atoms with Crippen molar-refractivity contribution in [2.24, 2.45) is 5.92 Å². The van der Waals surface area contributed by atoms with Crippen molar-refractivity contribution in [3.8, 4) is 0 Å². The van der Waals surface area contributed by atoms with E-state index in [0.29, 0.717) is 16.8 Å². The average molecular weight is 472 g/mol. The molecule has 1 aliphatic rings. The van der Waals surface area contributed by atoms with Gasteiger partial charge in [-0.15, -0.1) is 5.10 Å². The molecule has 1 fully saturated rings. The Balaban J connectivity index is 1.52. The van der Waals surface area contributed by atoms with E-state index in [1.165, 1.54) is 55.6 Å². The lowest BCUT2D eigenvalue weighted by Crippen LogP contribution is -2.19. The highest BCUT2D eigenvalue weighted by Gasteiger charge is 2.26. The molecule has 1 saturated carbocycles. The Kier molecular flexibility index (Phi) is 7.06. The van der Waals surface area contributed by atoms with E-state index in [0.717, 1.165) is 17.8 Å². The van der Waals surface area contributed by atoms with Gasteiger partial charge in [0.2, 0.25) is 11.1 Å². The summed E-state index contributed by atoms with van der Waals surface area (Å²) >= 11 is 7.11. The third-order valence-corrected chi connectivity index (χ3v) is 6.88. The van der Waals surface area contributed by atoms with Crippen LogP contribution >= 0.6 is 23.4 Å². The van der Waals surface area contributed by atoms with Crippen LogP contribution in [0.1, 0.15) is 42.3 Å². The second-order valence-corrected chi connectivity index (χ2v) is 9.22. The number of aromatic amines is 1. The van der Waals surface area contributed by atoms with Crippen molar-refractivity contribution in [3.63, 3.8) is 0 Å². The van der Waals surface area contributed by atoms with Crippen LogP contribution in [-0.2, 0) is 11.2 Å². The molecule has 2 N–H and O–H groups in total. The van der Waals surface area contributed by atoms with Gasteiger partial charge in [0.1, 0.15) is 16.1 Å². The molecule has 8 nitrogen and oxygen atoms in total. The van der Waals surface area contributed by atoms with Gasteiger partial charge in [0.05, 0.1) is 4.92 Å². The Labute approximate surface area is 194 Å². The van der Waals surface area contributed by atoms with E-state index in [1.807, 2.05) is 30.3 Å². The van der Waals surface area contributed by atoms with E-state index in [4.69, 9.17) is 11.6 Å². The van der Waals surface area contributed by atoms with Crippen molar-refractivity contribution in [2.45, 2.75) is 42.5 Å². The van der Waals surface area contributed by atoms with Crippen molar-refractivity contribution in [2.75, 3.05) is 5.32 Å². The first-order valence-corrected chi connectivity index (χ1v) is 11.6. The quantitative estimate of drug-likeness (QED) is 0.252. The van der Waals surface area contributed by atoms with Crippen LogP contribution in [0.15, 0.2) is 53.7 Å². The van der Waals surface area contributed by atoms with E-state index < -0.39 is 10.2 Å². The van der Waals surface area contributed by atoms with Crippen molar-refractivity contribution in [3.05, 3.63) is 75.1 Å². The molecule has 32 heavy (non-hydrogen) atoms. The Hall–Kier alpha value is -2.91. The first-order chi connectivity index (χ1) is 15.5. The number of rotatable bonds is 8. The fourth-order valence-electron chi connectivity index (χ4n) is 3.85. The Morgan fingerprint density at radius 1 is 1.25 bits per heavy atom. The average Bonchev–Trinajstić information content (AvgIpc) is 3.46. The van der Waals surface area contributed by atoms with Gasteiger partial charge in [0.25, 0.3) is 5.69 Å². The second kappa shape index (κ2) is 10.1. The molecule has 0 bridgehead atoms. The lowest BCUT2D eigenvalue weighted by atomic mass is 10.0. The van der Waals surface area contributed by atoms with E-state index in [9.17, 15) is 14.9 Å². The van der Waals surface area contributed by atoms with Crippen LogP contribution in [0.4, 0.5) is 11.4 Å². The van der Waals surface area contributed by atoms with Crippen LogP contribution in [0.3, 0.4) is 0 Å². The van der Waals surface area contributed by atoms with Gasteiger partial charge in [-0.3, -0.25) is 20.0 Å². The number of nitro benzene ring substituents is 1. The number of amides is 1. The van der Waals surface area contributed by atoms with Crippen LogP contribution in [0, 0.1) is 16.0 Å². The number of carbonyl (C=O) groups excluding carboxylic acids is 1. The topological polar surface area (TPSA) is 114 Å². The molecule has 0 radical (unpaired) electrons. The summed E-state index contributed by atoms with van der Waals surface area (Å²) in [4.78, 5) is 28.3. The third-order valence-electron chi connectivity index (χ3n) is 5.44. The molecule has 4 rings (SSSR count). The van der Waals surface area contributed by atoms with Crippen LogP contribution in [-0.4, -0.2) is 26.0 Å². The van der Waals surface area contributed by atoms with Crippen LogP contribution < -0.4 is 5.32 Å². The number of nitrogens with zero attached hydrogens (tertiary/aromatic N) is 3. The number of benzene rings is 2. The standard InChI is InChI=1S/C22H22ClN5O3S/c23-17-11-10-16(13-18(17)28(30)31)24-21(29)20(15-8-2-1-3-9-15)32-22-25-19(26-27-22)12-14-6-4-5-7-14/h1-3,8-11,13-14,20H,4-7,12H2,(H,24,29)(H,25,26,27). The fraction of sp³-hybridized carbons (Fsp3) is 0.318. The maximum Gasteiger partial charge on any atom is 0.289 e. The summed E-state index contributed by atoms with van der Waals surface area (Å²) in [6, 6.07) is 13.5. The summed E-state index contributed by atoms with van der Waals surface area (Å²) in [7, 11) is 0. The van der Waals surface area contributed by atoms with E-state index in [-0.39, 0.29) is 16.6 Å². The zero-order chi connectivity index (χ0) is 22.5. The highest BCUT2D eigenvalue weighted by molar-refractivity contribution is 8.00. The number of H-pyrrole nitrogens is 1. The molecular formula is C22H22ClN5O3S. The number of hydrogen-bond acceptors (Lipinski definition) is 6. The first-order valence-electron chi connectivity index (χ1n) is 10.4. The number of thioether (sulfide) groups is 1. The molecule has 1 amide bonds. The van der Waals surface area contributed by atoms with Crippen molar-refractivity contribution in [1.29, 1.82) is 0 Å². The molecular weight excluding hydrogens is 450 g/mol. The zero-order valence-corrected chi connectivity index (χ0v) is 18.7. The smallest absolute Gasteiger partial charge is 0.289 e. The highest BCUT2D eigenvalue weighted by atomic mass is 35.5. The number of nitrogens with one attached hydrogen (secondary N) is 2. The summed E-state index contributed by atoms with van der Waals surface area (Å²) < 4.78 is 0. The number of hydrogen-bond donors (Lipinski definition) is 2. The summed E-state index contributed by atoms with van der Waals surface area (Å²) in [5.41, 5.74) is 0.809. The SMILES string of the molecule is O=C(Nc1ccc(Cl)c([N+](=O)[O-])c1)C(Sc1n[nH]c(CC2CCCC2)n1)c1ccccc1. The van der Waals surface area contributed by atoms with Crippen molar-refractivity contribution in [1.82, 2.24) is 15.2 Å². The number of carbonyl (C=O) groups is 1. The maximum atomic E-state index is 13.2. The molecule has 0 saturated heterocycles. The molecule has 1 unspecified atom stereocenters. The Morgan fingerprint density at radius 2 is 2.00 bits per heavy atom. The molecule has 1 atom stereocenters. The minimum Gasteiger partial charge on any atom is -0.325 e. The predicted molar refractivity (Wildman–Crippen MR) is 124 cm³/mol. The van der Waals surface area contributed by atoms with Gasteiger partial charge in [-0.2, -0.15) is 0 Å². The van der Waals surface area contributed by atoms with E-state index in [2.05, 4.69) is 20.5 Å². The molecule has 166 valence electrons. The monoisotopic (exact) mass is 471 g/mol. The highest BCUT2D eigenvalue weighted by Crippen LogP contribution is 2.36. The number of aromatic nitrogens is 3. The van der Waals surface area contributed by atoms with E-state index >= 15 is 0 Å². The summed E-state index contributed by atoms with van der Waals surface area (Å²) in [5, 5.41) is 21.1. The van der Waals surface area contributed by atoms with E-state index in [1.54, 1.807) is 0 Å². The van der Waals surface area contributed by atoms with Gasteiger partial charge in [0.15, 0.2) is 0 Å². The number of halogens is 1. The van der Waals surface area contributed by atoms with Crippen LogP contribution in [0.2, 0.25) is 5.02 Å². The number of anilines is 1. The van der Waals surface area contributed by atoms with Crippen LogP contribution in [0.25, 0.3) is 0 Å². The predicted octanol–water partition coefficient (Wildman–Crippen LogP) is 5.57. The maximum absolute atomic E-state index is 13.2. The minimum absolute atomic E-state index is 0.0116. The molecule has 0 spiro atoms. The normalized spacial score (nSPS) is 14.9. The molecule has 1 heterocycles. The first kappa shape index (κ1) is 22.3. The Morgan fingerprint density at radius 3 is 2.72 bits per heavy atom. The third kappa shape index (κ3) is 5.46. The van der Waals surface area contributed by atoms with Gasteiger partial charge in [-0.25, -0.2) is 4.98 Å². The van der Waals surface area contributed by atoms with Crippen molar-refractivity contribution >= 4 is 40.6 Å².